The molecule has 0 aromatic heterocycles. The Kier molecular flexibility index (Phi) is 6.73. The third kappa shape index (κ3) is 5.99. The van der Waals surface area contributed by atoms with Crippen molar-refractivity contribution >= 4 is 16.0 Å². The predicted octanol–water partition coefficient (Wildman–Crippen LogP) is 2.83. The number of hydrogen-bond donors (Lipinski definition) is 0. The van der Waals surface area contributed by atoms with Crippen molar-refractivity contribution in [1.82, 2.24) is 4.31 Å². The zero-order valence-corrected chi connectivity index (χ0v) is 15.3. The van der Waals surface area contributed by atoms with Crippen LogP contribution in [0.1, 0.15) is 18.1 Å². The first kappa shape index (κ1) is 19.1. The minimum atomic E-state index is -3.55. The first-order chi connectivity index (χ1) is 11.9. The van der Waals surface area contributed by atoms with Gasteiger partial charge in [-0.25, -0.2) is 12.7 Å². The molecule has 1 atom stereocenters. The molecule has 0 spiro atoms. The molecular formula is C19H23NO4S. The van der Waals surface area contributed by atoms with Gasteiger partial charge in [0.25, 0.3) is 0 Å². The minimum Gasteiger partial charge on any atom is -0.461 e. The van der Waals surface area contributed by atoms with Gasteiger partial charge in [0.15, 0.2) is 0 Å². The monoisotopic (exact) mass is 361 g/mol. The van der Waals surface area contributed by atoms with Gasteiger partial charge in [-0.05, 0) is 11.1 Å². The van der Waals surface area contributed by atoms with Crippen LogP contribution in [0.3, 0.4) is 0 Å². The predicted molar refractivity (Wildman–Crippen MR) is 97.1 cm³/mol. The molecule has 5 nitrogen and oxygen atoms in total. The second-order valence-corrected chi connectivity index (χ2v) is 8.14. The average molecular weight is 361 g/mol. The van der Waals surface area contributed by atoms with Gasteiger partial charge in [0, 0.05) is 13.6 Å². The highest BCUT2D eigenvalue weighted by molar-refractivity contribution is 7.89. The lowest BCUT2D eigenvalue weighted by molar-refractivity contribution is -0.148. The highest BCUT2D eigenvalue weighted by Crippen LogP contribution is 2.12. The van der Waals surface area contributed by atoms with Crippen molar-refractivity contribution in [3.8, 4) is 0 Å². The summed E-state index contributed by atoms with van der Waals surface area (Å²) >= 11 is 0. The fourth-order valence-corrected chi connectivity index (χ4v) is 3.69. The van der Waals surface area contributed by atoms with E-state index in [2.05, 4.69) is 0 Å². The zero-order chi connectivity index (χ0) is 18.3. The summed E-state index contributed by atoms with van der Waals surface area (Å²) in [5, 5.41) is 0. The Bertz CT molecular complexity index is 776. The van der Waals surface area contributed by atoms with Gasteiger partial charge in [-0.15, -0.1) is 0 Å². The summed E-state index contributed by atoms with van der Waals surface area (Å²) in [6.07, 6.45) is 0. The number of carbonyl (C=O) groups is 1. The number of esters is 1. The van der Waals surface area contributed by atoms with Crippen molar-refractivity contribution in [2.45, 2.75) is 20.1 Å². The second-order valence-electron chi connectivity index (χ2n) is 6.01. The lowest BCUT2D eigenvalue weighted by atomic mass is 10.2. The zero-order valence-electron chi connectivity index (χ0n) is 14.5. The first-order valence-corrected chi connectivity index (χ1v) is 9.68. The van der Waals surface area contributed by atoms with Gasteiger partial charge >= 0.3 is 5.97 Å². The molecule has 0 N–H and O–H groups in total. The maximum Gasteiger partial charge on any atom is 0.310 e. The van der Waals surface area contributed by atoms with Crippen LogP contribution in [0.25, 0.3) is 0 Å². The van der Waals surface area contributed by atoms with Crippen LogP contribution in [0, 0.1) is 5.92 Å². The highest BCUT2D eigenvalue weighted by Gasteiger charge is 2.26. The fourth-order valence-electron chi connectivity index (χ4n) is 2.32. The molecule has 0 radical (unpaired) electrons. The van der Waals surface area contributed by atoms with Crippen molar-refractivity contribution in [3.05, 3.63) is 71.8 Å². The number of carbonyl (C=O) groups excluding carboxylic acids is 1. The smallest absolute Gasteiger partial charge is 0.310 e. The average Bonchev–Trinajstić information content (AvgIpc) is 2.61. The van der Waals surface area contributed by atoms with Gasteiger partial charge in [-0.2, -0.15) is 0 Å². The number of rotatable bonds is 8. The molecule has 0 saturated carbocycles. The molecule has 2 aromatic rings. The highest BCUT2D eigenvalue weighted by atomic mass is 32.2. The van der Waals surface area contributed by atoms with Gasteiger partial charge < -0.3 is 4.74 Å². The Labute approximate surface area is 149 Å². The van der Waals surface area contributed by atoms with E-state index in [1.165, 1.54) is 11.4 Å². The molecule has 6 heteroatoms. The van der Waals surface area contributed by atoms with Crippen LogP contribution in [0.2, 0.25) is 0 Å². The third-order valence-electron chi connectivity index (χ3n) is 3.81. The van der Waals surface area contributed by atoms with Gasteiger partial charge in [0.05, 0.1) is 11.7 Å². The van der Waals surface area contributed by atoms with E-state index in [-0.39, 0.29) is 18.9 Å². The molecule has 0 fully saturated rings. The summed E-state index contributed by atoms with van der Waals surface area (Å²) in [6, 6.07) is 18.6. The van der Waals surface area contributed by atoms with Crippen LogP contribution in [0.5, 0.6) is 0 Å². The van der Waals surface area contributed by atoms with E-state index in [1.54, 1.807) is 6.92 Å². The summed E-state index contributed by atoms with van der Waals surface area (Å²) in [5.41, 5.74) is 1.76. The minimum absolute atomic E-state index is 0.143. The second kappa shape index (κ2) is 8.78. The summed E-state index contributed by atoms with van der Waals surface area (Å²) in [6.45, 7) is 1.99. The number of nitrogens with zero attached hydrogens (tertiary/aromatic N) is 1. The van der Waals surface area contributed by atoms with E-state index in [4.69, 9.17) is 4.74 Å². The Morgan fingerprint density at radius 2 is 1.52 bits per heavy atom. The molecule has 0 bridgehead atoms. The van der Waals surface area contributed by atoms with Crippen LogP contribution in [-0.4, -0.2) is 31.5 Å². The maximum atomic E-state index is 12.4. The van der Waals surface area contributed by atoms with Crippen LogP contribution in [0.4, 0.5) is 0 Å². The SMILES string of the molecule is C[C@H](CS(=O)(=O)N(C)Cc1ccccc1)C(=O)OCc1ccccc1. The van der Waals surface area contributed by atoms with Crippen LogP contribution in [0.15, 0.2) is 60.7 Å². The molecule has 0 aliphatic rings. The molecule has 25 heavy (non-hydrogen) atoms. The molecular weight excluding hydrogens is 338 g/mol. The molecule has 2 aromatic carbocycles. The standard InChI is InChI=1S/C19H23NO4S/c1-16(19(21)24-14-18-11-7-4-8-12-18)15-25(22,23)20(2)13-17-9-5-3-6-10-17/h3-12,16H,13-15H2,1-2H3/t16-/m1/s1. The quantitative estimate of drug-likeness (QED) is 0.678. The Morgan fingerprint density at radius 1 is 1.00 bits per heavy atom. The Balaban J connectivity index is 1.88. The van der Waals surface area contributed by atoms with Crippen molar-refractivity contribution in [2.75, 3.05) is 12.8 Å². The summed E-state index contributed by atoms with van der Waals surface area (Å²) in [4.78, 5) is 12.1. The molecule has 0 unspecified atom stereocenters. The van der Waals surface area contributed by atoms with E-state index in [0.29, 0.717) is 0 Å². The summed E-state index contributed by atoms with van der Waals surface area (Å²) in [7, 11) is -2.03. The van der Waals surface area contributed by atoms with Crippen LogP contribution < -0.4 is 0 Å². The molecule has 0 aliphatic carbocycles. The lowest BCUT2D eigenvalue weighted by Crippen LogP contribution is -2.33. The number of hydrogen-bond acceptors (Lipinski definition) is 4. The van der Waals surface area contributed by atoms with E-state index in [1.807, 2.05) is 60.7 Å². The number of sulfonamides is 1. The van der Waals surface area contributed by atoms with Gasteiger partial charge in [0.2, 0.25) is 10.0 Å². The summed E-state index contributed by atoms with van der Waals surface area (Å²) in [5.74, 6) is -1.52. The number of benzene rings is 2. The van der Waals surface area contributed by atoms with E-state index in [0.717, 1.165) is 11.1 Å². The van der Waals surface area contributed by atoms with Crippen molar-refractivity contribution in [1.29, 1.82) is 0 Å². The molecule has 2 rings (SSSR count). The van der Waals surface area contributed by atoms with Crippen LogP contribution >= 0.6 is 0 Å². The van der Waals surface area contributed by atoms with Crippen LogP contribution in [-0.2, 0) is 32.7 Å². The van der Waals surface area contributed by atoms with Crippen molar-refractivity contribution in [3.63, 3.8) is 0 Å². The van der Waals surface area contributed by atoms with Gasteiger partial charge in [0.1, 0.15) is 6.61 Å². The molecule has 0 saturated heterocycles. The topological polar surface area (TPSA) is 63.7 Å². The van der Waals surface area contributed by atoms with E-state index in [9.17, 15) is 13.2 Å². The Morgan fingerprint density at radius 3 is 2.08 bits per heavy atom. The normalized spacial score (nSPS) is 12.8. The van der Waals surface area contributed by atoms with E-state index < -0.39 is 21.9 Å². The molecule has 0 heterocycles. The van der Waals surface area contributed by atoms with Crippen molar-refractivity contribution < 1.29 is 17.9 Å². The van der Waals surface area contributed by atoms with E-state index >= 15 is 0 Å². The third-order valence-corrected chi connectivity index (χ3v) is 5.81. The van der Waals surface area contributed by atoms with Gasteiger partial charge in [-0.3, -0.25) is 4.79 Å². The molecule has 134 valence electrons. The lowest BCUT2D eigenvalue weighted by Gasteiger charge is -2.19. The van der Waals surface area contributed by atoms with Crippen molar-refractivity contribution in [2.24, 2.45) is 5.92 Å². The van der Waals surface area contributed by atoms with Gasteiger partial charge in [-0.1, -0.05) is 67.6 Å². The first-order valence-electron chi connectivity index (χ1n) is 8.07. The molecule has 0 aliphatic heterocycles. The number of ether oxygens (including phenoxy) is 1. The molecule has 0 amide bonds. The Hall–Kier alpha value is -2.18. The maximum absolute atomic E-state index is 12.4. The summed E-state index contributed by atoms with van der Waals surface area (Å²) < 4.78 is 31.4. The largest absolute Gasteiger partial charge is 0.461 e. The fraction of sp³-hybridized carbons (Fsp3) is 0.316.